The summed E-state index contributed by atoms with van der Waals surface area (Å²) in [6.07, 6.45) is 2.71. The van der Waals surface area contributed by atoms with Crippen molar-refractivity contribution in [2.45, 2.75) is 44.9 Å². The zero-order chi connectivity index (χ0) is 13.1. The predicted octanol–water partition coefficient (Wildman–Crippen LogP) is 3.32. The maximum absolute atomic E-state index is 13.7. The van der Waals surface area contributed by atoms with Crippen LogP contribution in [0.1, 0.15) is 31.7 Å². The van der Waals surface area contributed by atoms with E-state index in [1.54, 1.807) is 6.07 Å². The van der Waals surface area contributed by atoms with Crippen molar-refractivity contribution in [2.75, 3.05) is 6.54 Å². The van der Waals surface area contributed by atoms with Gasteiger partial charge in [-0.05, 0) is 50.9 Å². The lowest BCUT2D eigenvalue weighted by molar-refractivity contribution is 0.130. The number of likely N-dealkylation sites (tertiary alicyclic amines) is 1. The third-order valence-corrected chi connectivity index (χ3v) is 3.99. The monoisotopic (exact) mass is 315 g/mol. The SMILES string of the molecule is CC(O)CC1CCCN1Cc1cc(Br)ccc1F. The van der Waals surface area contributed by atoms with Crippen LogP contribution in [0.25, 0.3) is 0 Å². The second kappa shape index (κ2) is 6.13. The van der Waals surface area contributed by atoms with Gasteiger partial charge in [0.05, 0.1) is 6.10 Å². The Labute approximate surface area is 116 Å². The molecule has 0 saturated carbocycles. The molecule has 1 heterocycles. The zero-order valence-corrected chi connectivity index (χ0v) is 12.2. The molecule has 1 saturated heterocycles. The van der Waals surface area contributed by atoms with Crippen LogP contribution in [0.4, 0.5) is 4.39 Å². The van der Waals surface area contributed by atoms with Crippen molar-refractivity contribution in [3.05, 3.63) is 34.1 Å². The molecule has 1 aliphatic heterocycles. The van der Waals surface area contributed by atoms with E-state index in [1.165, 1.54) is 6.07 Å². The van der Waals surface area contributed by atoms with Gasteiger partial charge in [-0.2, -0.15) is 0 Å². The zero-order valence-electron chi connectivity index (χ0n) is 10.6. The first-order valence-corrected chi connectivity index (χ1v) is 7.21. The van der Waals surface area contributed by atoms with Gasteiger partial charge in [0.2, 0.25) is 0 Å². The molecule has 1 aromatic carbocycles. The van der Waals surface area contributed by atoms with Gasteiger partial charge in [0, 0.05) is 22.6 Å². The van der Waals surface area contributed by atoms with Crippen LogP contribution < -0.4 is 0 Å². The van der Waals surface area contributed by atoms with Gasteiger partial charge in [-0.25, -0.2) is 4.39 Å². The van der Waals surface area contributed by atoms with Crippen LogP contribution in [0.3, 0.4) is 0 Å². The minimum absolute atomic E-state index is 0.152. The summed E-state index contributed by atoms with van der Waals surface area (Å²) in [6.45, 7) is 3.43. The average Bonchev–Trinajstić information content (AvgIpc) is 2.70. The highest BCUT2D eigenvalue weighted by molar-refractivity contribution is 9.10. The minimum atomic E-state index is -0.289. The molecule has 0 radical (unpaired) electrons. The van der Waals surface area contributed by atoms with Crippen LogP contribution in [-0.4, -0.2) is 28.7 Å². The smallest absolute Gasteiger partial charge is 0.127 e. The van der Waals surface area contributed by atoms with Gasteiger partial charge in [0.1, 0.15) is 5.82 Å². The molecule has 0 spiro atoms. The Morgan fingerprint density at radius 1 is 1.56 bits per heavy atom. The highest BCUT2D eigenvalue weighted by atomic mass is 79.9. The number of aliphatic hydroxyl groups is 1. The molecule has 2 rings (SSSR count). The van der Waals surface area contributed by atoms with Gasteiger partial charge in [-0.1, -0.05) is 15.9 Å². The van der Waals surface area contributed by atoms with Crippen molar-refractivity contribution in [2.24, 2.45) is 0 Å². The molecule has 2 unspecified atom stereocenters. The number of halogens is 2. The van der Waals surface area contributed by atoms with Crippen molar-refractivity contribution < 1.29 is 9.50 Å². The van der Waals surface area contributed by atoms with Crippen LogP contribution in [0, 0.1) is 5.82 Å². The van der Waals surface area contributed by atoms with Crippen molar-refractivity contribution >= 4 is 15.9 Å². The van der Waals surface area contributed by atoms with E-state index >= 15 is 0 Å². The van der Waals surface area contributed by atoms with Crippen LogP contribution in [-0.2, 0) is 6.54 Å². The van der Waals surface area contributed by atoms with Crippen LogP contribution >= 0.6 is 15.9 Å². The Balaban J connectivity index is 2.05. The third kappa shape index (κ3) is 3.53. The quantitative estimate of drug-likeness (QED) is 0.921. The normalized spacial score (nSPS) is 22.3. The van der Waals surface area contributed by atoms with Crippen molar-refractivity contribution in [1.29, 1.82) is 0 Å². The Bertz CT molecular complexity index is 411. The Morgan fingerprint density at radius 3 is 3.06 bits per heavy atom. The standard InChI is InChI=1S/C14H19BrFNO/c1-10(18)7-13-3-2-6-17(13)9-11-8-12(15)4-5-14(11)16/h4-5,8,10,13,18H,2-3,6-7,9H2,1H3. The summed E-state index contributed by atoms with van der Waals surface area (Å²) in [6, 6.07) is 5.44. The summed E-state index contributed by atoms with van der Waals surface area (Å²) in [5.41, 5.74) is 0.724. The van der Waals surface area contributed by atoms with E-state index in [2.05, 4.69) is 20.8 Å². The van der Waals surface area contributed by atoms with Gasteiger partial charge in [-0.3, -0.25) is 4.90 Å². The number of hydrogen-bond donors (Lipinski definition) is 1. The number of hydrogen-bond acceptors (Lipinski definition) is 2. The minimum Gasteiger partial charge on any atom is -0.393 e. The highest BCUT2D eigenvalue weighted by Crippen LogP contribution is 2.25. The molecular weight excluding hydrogens is 297 g/mol. The fraction of sp³-hybridized carbons (Fsp3) is 0.571. The second-order valence-corrected chi connectivity index (χ2v) is 6.00. The molecular formula is C14H19BrFNO. The average molecular weight is 316 g/mol. The summed E-state index contributed by atoms with van der Waals surface area (Å²) in [5.74, 6) is -0.152. The van der Waals surface area contributed by atoms with Crippen molar-refractivity contribution in [3.8, 4) is 0 Å². The van der Waals surface area contributed by atoms with E-state index < -0.39 is 0 Å². The van der Waals surface area contributed by atoms with Gasteiger partial charge in [-0.15, -0.1) is 0 Å². The van der Waals surface area contributed by atoms with Crippen LogP contribution in [0.5, 0.6) is 0 Å². The van der Waals surface area contributed by atoms with Gasteiger partial charge >= 0.3 is 0 Å². The van der Waals surface area contributed by atoms with E-state index in [9.17, 15) is 9.50 Å². The first kappa shape index (κ1) is 14.0. The van der Waals surface area contributed by atoms with E-state index in [0.717, 1.165) is 35.8 Å². The second-order valence-electron chi connectivity index (χ2n) is 5.09. The van der Waals surface area contributed by atoms with Crippen LogP contribution in [0.15, 0.2) is 22.7 Å². The Hall–Kier alpha value is -0.450. The molecule has 0 amide bonds. The molecule has 4 heteroatoms. The fourth-order valence-electron chi connectivity index (χ4n) is 2.65. The number of nitrogens with zero attached hydrogens (tertiary/aromatic N) is 1. The van der Waals surface area contributed by atoms with E-state index in [1.807, 2.05) is 13.0 Å². The summed E-state index contributed by atoms with van der Waals surface area (Å²) in [5, 5.41) is 9.49. The third-order valence-electron chi connectivity index (χ3n) is 3.49. The lowest BCUT2D eigenvalue weighted by Crippen LogP contribution is -2.31. The molecule has 1 aliphatic rings. The lowest BCUT2D eigenvalue weighted by Gasteiger charge is -2.25. The maximum atomic E-state index is 13.7. The van der Waals surface area contributed by atoms with Gasteiger partial charge in [0.25, 0.3) is 0 Å². The molecule has 1 aromatic rings. The molecule has 1 fully saturated rings. The summed E-state index contributed by atoms with van der Waals surface area (Å²) >= 11 is 3.38. The van der Waals surface area contributed by atoms with Crippen molar-refractivity contribution in [3.63, 3.8) is 0 Å². The number of benzene rings is 1. The Kier molecular flexibility index (Phi) is 4.76. The first-order chi connectivity index (χ1) is 8.56. The number of rotatable bonds is 4. The van der Waals surface area contributed by atoms with Crippen molar-refractivity contribution in [1.82, 2.24) is 4.90 Å². The van der Waals surface area contributed by atoms with E-state index in [0.29, 0.717) is 12.6 Å². The molecule has 0 aromatic heterocycles. The summed E-state index contributed by atoms with van der Waals surface area (Å²) < 4.78 is 14.6. The maximum Gasteiger partial charge on any atom is 0.127 e. The lowest BCUT2D eigenvalue weighted by atomic mass is 10.1. The Morgan fingerprint density at radius 2 is 2.33 bits per heavy atom. The molecule has 0 aliphatic carbocycles. The summed E-state index contributed by atoms with van der Waals surface area (Å²) in [4.78, 5) is 2.28. The van der Waals surface area contributed by atoms with E-state index in [-0.39, 0.29) is 11.9 Å². The largest absolute Gasteiger partial charge is 0.393 e. The number of aliphatic hydroxyl groups excluding tert-OH is 1. The molecule has 100 valence electrons. The summed E-state index contributed by atoms with van der Waals surface area (Å²) in [7, 11) is 0. The van der Waals surface area contributed by atoms with E-state index in [4.69, 9.17) is 0 Å². The van der Waals surface area contributed by atoms with Gasteiger partial charge in [0.15, 0.2) is 0 Å². The topological polar surface area (TPSA) is 23.5 Å². The fourth-order valence-corrected chi connectivity index (χ4v) is 3.06. The molecule has 18 heavy (non-hydrogen) atoms. The van der Waals surface area contributed by atoms with Crippen LogP contribution in [0.2, 0.25) is 0 Å². The molecule has 0 bridgehead atoms. The first-order valence-electron chi connectivity index (χ1n) is 6.42. The predicted molar refractivity (Wildman–Crippen MR) is 73.8 cm³/mol. The molecule has 2 nitrogen and oxygen atoms in total. The molecule has 1 N–H and O–H groups in total. The molecule has 2 atom stereocenters. The highest BCUT2D eigenvalue weighted by Gasteiger charge is 2.26. The van der Waals surface area contributed by atoms with Gasteiger partial charge < -0.3 is 5.11 Å².